The Morgan fingerprint density at radius 2 is 2.18 bits per heavy atom. The molecule has 0 bridgehead atoms. The van der Waals surface area contributed by atoms with Gasteiger partial charge in [-0.15, -0.1) is 0 Å². The van der Waals surface area contributed by atoms with Gasteiger partial charge in [-0.3, -0.25) is 4.79 Å². The molecule has 1 unspecified atom stereocenters. The molecule has 0 aromatic heterocycles. The van der Waals surface area contributed by atoms with E-state index in [1.165, 1.54) is 12.1 Å². The number of rotatable bonds is 5. The first-order chi connectivity index (χ1) is 8.06. The van der Waals surface area contributed by atoms with Crippen molar-refractivity contribution in [3.63, 3.8) is 0 Å². The number of aryl methyl sites for hydroxylation is 1. The van der Waals surface area contributed by atoms with E-state index in [1.807, 2.05) is 6.92 Å². The van der Waals surface area contributed by atoms with Gasteiger partial charge in [-0.25, -0.2) is 4.39 Å². The van der Waals surface area contributed by atoms with Gasteiger partial charge in [0.25, 0.3) is 5.91 Å². The van der Waals surface area contributed by atoms with Crippen molar-refractivity contribution in [3.8, 4) is 0 Å². The molecule has 1 aromatic carbocycles. The van der Waals surface area contributed by atoms with E-state index in [-0.39, 0.29) is 11.9 Å². The molecule has 0 heterocycles. The highest BCUT2D eigenvalue weighted by Gasteiger charge is 2.12. The number of benzene rings is 1. The minimum absolute atomic E-state index is 0.0453. The Bertz CT molecular complexity index is 373. The van der Waals surface area contributed by atoms with Crippen LogP contribution in [0.3, 0.4) is 0 Å². The van der Waals surface area contributed by atoms with Crippen molar-refractivity contribution in [3.05, 3.63) is 35.1 Å². The molecule has 1 amide bonds. The molecule has 0 radical (unpaired) electrons. The molecule has 0 spiro atoms. The van der Waals surface area contributed by atoms with Crippen LogP contribution in [0.15, 0.2) is 18.2 Å². The molecular weight excluding hydrogens is 219 g/mol. The van der Waals surface area contributed by atoms with Crippen molar-refractivity contribution in [2.24, 2.45) is 5.73 Å². The fraction of sp³-hybridized carbons (Fsp3) is 0.462. The van der Waals surface area contributed by atoms with Crippen molar-refractivity contribution in [2.45, 2.75) is 32.7 Å². The van der Waals surface area contributed by atoms with Crippen LogP contribution >= 0.6 is 0 Å². The first-order valence-electron chi connectivity index (χ1n) is 5.85. The summed E-state index contributed by atoms with van der Waals surface area (Å²) in [5.41, 5.74) is 6.63. The van der Waals surface area contributed by atoms with E-state index in [0.29, 0.717) is 12.1 Å². The molecule has 1 aromatic rings. The Morgan fingerprint density at radius 3 is 2.71 bits per heavy atom. The molecule has 94 valence electrons. The van der Waals surface area contributed by atoms with E-state index in [9.17, 15) is 9.18 Å². The number of carbonyl (C=O) groups is 1. The van der Waals surface area contributed by atoms with Crippen LogP contribution in [0.4, 0.5) is 4.39 Å². The van der Waals surface area contributed by atoms with Crippen molar-refractivity contribution >= 4 is 5.91 Å². The number of halogens is 1. The van der Waals surface area contributed by atoms with E-state index in [4.69, 9.17) is 5.73 Å². The topological polar surface area (TPSA) is 55.1 Å². The zero-order valence-electron chi connectivity index (χ0n) is 10.3. The molecule has 0 aliphatic carbocycles. The number of amides is 1. The minimum atomic E-state index is -0.394. The lowest BCUT2D eigenvalue weighted by Crippen LogP contribution is -2.40. The van der Waals surface area contributed by atoms with Crippen LogP contribution in [0, 0.1) is 12.7 Å². The van der Waals surface area contributed by atoms with Crippen molar-refractivity contribution < 1.29 is 9.18 Å². The number of hydrogen-bond donors (Lipinski definition) is 2. The van der Waals surface area contributed by atoms with Crippen molar-refractivity contribution in [1.29, 1.82) is 0 Å². The Balaban J connectivity index is 2.75. The van der Waals surface area contributed by atoms with Crippen LogP contribution in [0.25, 0.3) is 0 Å². The number of nitrogens with one attached hydrogen (secondary N) is 1. The molecule has 0 saturated carbocycles. The Labute approximate surface area is 101 Å². The second-order valence-corrected chi connectivity index (χ2v) is 4.21. The highest BCUT2D eigenvalue weighted by atomic mass is 19.1. The summed E-state index contributed by atoms with van der Waals surface area (Å²) in [6.45, 7) is 4.18. The smallest absolute Gasteiger partial charge is 0.251 e. The van der Waals surface area contributed by atoms with Gasteiger partial charge in [-0.2, -0.15) is 0 Å². The van der Waals surface area contributed by atoms with Gasteiger partial charge in [0.05, 0.1) is 0 Å². The highest BCUT2D eigenvalue weighted by Crippen LogP contribution is 2.09. The van der Waals surface area contributed by atoms with Gasteiger partial charge in [0, 0.05) is 18.2 Å². The molecule has 1 atom stereocenters. The standard InChI is InChI=1S/C13H19FN2O/c1-3-4-12(8-15)16-13(17)10-5-9(2)6-11(14)7-10/h5-7,12H,3-4,8,15H2,1-2H3,(H,16,17). The SMILES string of the molecule is CCCC(CN)NC(=O)c1cc(C)cc(F)c1. The lowest BCUT2D eigenvalue weighted by molar-refractivity contribution is 0.0935. The van der Waals surface area contributed by atoms with Gasteiger partial charge in [0.2, 0.25) is 0 Å². The van der Waals surface area contributed by atoms with E-state index >= 15 is 0 Å². The molecular formula is C13H19FN2O. The Hall–Kier alpha value is -1.42. The second kappa shape index (κ2) is 6.35. The number of nitrogens with two attached hydrogens (primary N) is 1. The van der Waals surface area contributed by atoms with Gasteiger partial charge < -0.3 is 11.1 Å². The van der Waals surface area contributed by atoms with Crippen molar-refractivity contribution in [2.75, 3.05) is 6.54 Å². The summed E-state index contributed by atoms with van der Waals surface area (Å²) in [7, 11) is 0. The molecule has 0 aliphatic rings. The van der Waals surface area contributed by atoms with Crippen LogP contribution in [0.5, 0.6) is 0 Å². The summed E-state index contributed by atoms with van der Waals surface area (Å²) >= 11 is 0. The van der Waals surface area contributed by atoms with E-state index in [0.717, 1.165) is 18.4 Å². The molecule has 1 rings (SSSR count). The normalized spacial score (nSPS) is 12.2. The molecule has 0 fully saturated rings. The van der Waals surface area contributed by atoms with E-state index in [2.05, 4.69) is 5.32 Å². The monoisotopic (exact) mass is 238 g/mol. The molecule has 3 nitrogen and oxygen atoms in total. The Kier molecular flexibility index (Phi) is 5.10. The molecule has 17 heavy (non-hydrogen) atoms. The summed E-state index contributed by atoms with van der Waals surface area (Å²) in [5, 5.41) is 2.81. The maximum atomic E-state index is 13.2. The lowest BCUT2D eigenvalue weighted by atomic mass is 10.1. The third-order valence-corrected chi connectivity index (χ3v) is 2.56. The molecule has 0 aliphatic heterocycles. The lowest BCUT2D eigenvalue weighted by Gasteiger charge is -2.16. The quantitative estimate of drug-likeness (QED) is 0.824. The maximum absolute atomic E-state index is 13.2. The average Bonchev–Trinajstić information content (AvgIpc) is 2.27. The molecule has 4 heteroatoms. The van der Waals surface area contributed by atoms with E-state index in [1.54, 1.807) is 13.0 Å². The zero-order valence-corrected chi connectivity index (χ0v) is 10.3. The largest absolute Gasteiger partial charge is 0.348 e. The zero-order chi connectivity index (χ0) is 12.8. The third-order valence-electron chi connectivity index (χ3n) is 2.56. The first kappa shape index (κ1) is 13.6. The summed E-state index contributed by atoms with van der Waals surface area (Å²) in [4.78, 5) is 11.9. The summed E-state index contributed by atoms with van der Waals surface area (Å²) in [6, 6.07) is 4.25. The van der Waals surface area contributed by atoms with Gasteiger partial charge >= 0.3 is 0 Å². The molecule has 3 N–H and O–H groups in total. The number of hydrogen-bond acceptors (Lipinski definition) is 2. The summed E-state index contributed by atoms with van der Waals surface area (Å²) in [5.74, 6) is -0.661. The minimum Gasteiger partial charge on any atom is -0.348 e. The predicted molar refractivity (Wildman–Crippen MR) is 66.4 cm³/mol. The number of carbonyl (C=O) groups excluding carboxylic acids is 1. The van der Waals surface area contributed by atoms with Gasteiger partial charge in [-0.05, 0) is 37.1 Å². The highest BCUT2D eigenvalue weighted by molar-refractivity contribution is 5.94. The molecule has 0 saturated heterocycles. The predicted octanol–water partition coefficient (Wildman–Crippen LogP) is 1.99. The second-order valence-electron chi connectivity index (χ2n) is 4.21. The van der Waals surface area contributed by atoms with Crippen molar-refractivity contribution in [1.82, 2.24) is 5.32 Å². The van der Waals surface area contributed by atoms with Gasteiger partial charge in [-0.1, -0.05) is 13.3 Å². The fourth-order valence-corrected chi connectivity index (χ4v) is 1.73. The Morgan fingerprint density at radius 1 is 1.47 bits per heavy atom. The van der Waals surface area contributed by atoms with Gasteiger partial charge in [0.1, 0.15) is 5.82 Å². The first-order valence-corrected chi connectivity index (χ1v) is 5.85. The van der Waals surface area contributed by atoms with E-state index < -0.39 is 5.82 Å². The summed E-state index contributed by atoms with van der Waals surface area (Å²) in [6.07, 6.45) is 1.78. The van der Waals surface area contributed by atoms with Crippen LogP contribution in [-0.4, -0.2) is 18.5 Å². The van der Waals surface area contributed by atoms with Crippen LogP contribution in [0.2, 0.25) is 0 Å². The third kappa shape index (κ3) is 4.15. The van der Waals surface area contributed by atoms with Crippen LogP contribution in [0.1, 0.15) is 35.7 Å². The maximum Gasteiger partial charge on any atom is 0.251 e. The average molecular weight is 238 g/mol. The summed E-state index contributed by atoms with van der Waals surface area (Å²) < 4.78 is 13.2. The fourth-order valence-electron chi connectivity index (χ4n) is 1.73. The van der Waals surface area contributed by atoms with Crippen LogP contribution in [-0.2, 0) is 0 Å². The van der Waals surface area contributed by atoms with Crippen LogP contribution < -0.4 is 11.1 Å². The van der Waals surface area contributed by atoms with Gasteiger partial charge in [0.15, 0.2) is 0 Å².